The summed E-state index contributed by atoms with van der Waals surface area (Å²) in [6, 6.07) is 0.653. The standard InChI is InChI=1S/C16H30N2O/c1-14-11-17-15(7-4-3-5-8-15)12-18(14)13-16(19-2)9-6-10-16/h14,17H,3-13H2,1-2H3. The topological polar surface area (TPSA) is 24.5 Å². The predicted octanol–water partition coefficient (Wildman–Crippen LogP) is 2.55. The molecule has 0 amide bonds. The van der Waals surface area contributed by atoms with Crippen molar-refractivity contribution in [2.75, 3.05) is 26.7 Å². The maximum Gasteiger partial charge on any atom is 0.0805 e. The largest absolute Gasteiger partial charge is 0.377 e. The molecule has 3 rings (SSSR count). The van der Waals surface area contributed by atoms with Gasteiger partial charge in [0.25, 0.3) is 0 Å². The van der Waals surface area contributed by atoms with Crippen LogP contribution in [-0.4, -0.2) is 48.8 Å². The zero-order valence-electron chi connectivity index (χ0n) is 12.7. The van der Waals surface area contributed by atoms with Crippen LogP contribution in [0.5, 0.6) is 0 Å². The third-order valence-corrected chi connectivity index (χ3v) is 5.90. The van der Waals surface area contributed by atoms with Gasteiger partial charge in [0.2, 0.25) is 0 Å². The summed E-state index contributed by atoms with van der Waals surface area (Å²) in [6.07, 6.45) is 10.8. The van der Waals surface area contributed by atoms with Gasteiger partial charge in [-0.15, -0.1) is 0 Å². The van der Waals surface area contributed by atoms with Crippen molar-refractivity contribution in [1.29, 1.82) is 0 Å². The van der Waals surface area contributed by atoms with Crippen molar-refractivity contribution in [2.24, 2.45) is 0 Å². The molecule has 0 aromatic carbocycles. The van der Waals surface area contributed by atoms with Gasteiger partial charge in [0.1, 0.15) is 0 Å². The highest BCUT2D eigenvalue weighted by atomic mass is 16.5. The molecule has 3 aliphatic rings. The Balaban J connectivity index is 1.65. The van der Waals surface area contributed by atoms with E-state index in [1.807, 2.05) is 7.11 Å². The summed E-state index contributed by atoms with van der Waals surface area (Å²) in [5.41, 5.74) is 0.602. The fraction of sp³-hybridized carbons (Fsp3) is 1.00. The first-order chi connectivity index (χ1) is 9.17. The van der Waals surface area contributed by atoms with Gasteiger partial charge in [0.05, 0.1) is 5.60 Å². The van der Waals surface area contributed by atoms with E-state index in [-0.39, 0.29) is 5.60 Å². The summed E-state index contributed by atoms with van der Waals surface area (Å²) in [5, 5.41) is 3.87. The molecule has 0 aromatic heterocycles. The molecule has 3 fully saturated rings. The molecule has 1 saturated heterocycles. The first-order valence-electron chi connectivity index (χ1n) is 8.21. The van der Waals surface area contributed by atoms with Crippen molar-refractivity contribution in [2.45, 2.75) is 75.5 Å². The Hall–Kier alpha value is -0.120. The van der Waals surface area contributed by atoms with Crippen molar-refractivity contribution in [3.63, 3.8) is 0 Å². The number of methoxy groups -OCH3 is 1. The molecule has 2 saturated carbocycles. The highest BCUT2D eigenvalue weighted by Gasteiger charge is 2.44. The van der Waals surface area contributed by atoms with Crippen LogP contribution >= 0.6 is 0 Å². The van der Waals surface area contributed by atoms with Gasteiger partial charge in [0, 0.05) is 38.3 Å². The summed E-state index contributed by atoms with van der Waals surface area (Å²) in [6.45, 7) is 5.90. The Bertz CT molecular complexity index is 302. The van der Waals surface area contributed by atoms with Gasteiger partial charge in [0.15, 0.2) is 0 Å². The number of piperazine rings is 1. The van der Waals surface area contributed by atoms with Gasteiger partial charge in [-0.1, -0.05) is 19.3 Å². The summed E-state index contributed by atoms with van der Waals surface area (Å²) in [4.78, 5) is 2.71. The number of nitrogens with zero attached hydrogens (tertiary/aromatic N) is 1. The van der Waals surface area contributed by atoms with Crippen LogP contribution in [0.1, 0.15) is 58.3 Å². The molecular formula is C16H30N2O. The van der Waals surface area contributed by atoms with E-state index in [2.05, 4.69) is 17.1 Å². The van der Waals surface area contributed by atoms with E-state index >= 15 is 0 Å². The highest BCUT2D eigenvalue weighted by molar-refractivity contribution is 5.02. The van der Waals surface area contributed by atoms with E-state index in [9.17, 15) is 0 Å². The average Bonchev–Trinajstić information content (AvgIpc) is 2.39. The van der Waals surface area contributed by atoms with Crippen molar-refractivity contribution in [3.05, 3.63) is 0 Å². The molecule has 1 heterocycles. The van der Waals surface area contributed by atoms with E-state index in [0.717, 1.165) is 13.1 Å². The monoisotopic (exact) mass is 266 g/mol. The third-order valence-electron chi connectivity index (χ3n) is 5.90. The van der Waals surface area contributed by atoms with Gasteiger partial charge < -0.3 is 10.1 Å². The molecule has 1 aliphatic heterocycles. The zero-order chi connectivity index (χ0) is 13.3. The van der Waals surface area contributed by atoms with Crippen LogP contribution < -0.4 is 5.32 Å². The molecule has 0 aromatic rings. The van der Waals surface area contributed by atoms with Crippen LogP contribution in [0.2, 0.25) is 0 Å². The summed E-state index contributed by atoms with van der Waals surface area (Å²) in [7, 11) is 1.91. The van der Waals surface area contributed by atoms with Crippen molar-refractivity contribution >= 4 is 0 Å². The van der Waals surface area contributed by atoms with E-state index in [1.54, 1.807) is 0 Å². The van der Waals surface area contributed by atoms with E-state index in [0.29, 0.717) is 11.6 Å². The minimum Gasteiger partial charge on any atom is -0.377 e. The minimum absolute atomic E-state index is 0.182. The summed E-state index contributed by atoms with van der Waals surface area (Å²) < 4.78 is 5.84. The normalized spacial score (nSPS) is 34.1. The molecular weight excluding hydrogens is 236 g/mol. The number of hydrogen-bond acceptors (Lipinski definition) is 3. The molecule has 1 spiro atoms. The Morgan fingerprint density at radius 1 is 1.11 bits per heavy atom. The lowest BCUT2D eigenvalue weighted by molar-refractivity contribution is -0.106. The number of ether oxygens (including phenoxy) is 1. The van der Waals surface area contributed by atoms with Gasteiger partial charge in [-0.25, -0.2) is 0 Å². The lowest BCUT2D eigenvalue weighted by Gasteiger charge is -2.52. The van der Waals surface area contributed by atoms with Crippen LogP contribution in [0.25, 0.3) is 0 Å². The van der Waals surface area contributed by atoms with Crippen LogP contribution in [0, 0.1) is 0 Å². The summed E-state index contributed by atoms with van der Waals surface area (Å²) >= 11 is 0. The molecule has 1 atom stereocenters. The maximum absolute atomic E-state index is 5.84. The third kappa shape index (κ3) is 2.70. The van der Waals surface area contributed by atoms with Gasteiger partial charge >= 0.3 is 0 Å². The van der Waals surface area contributed by atoms with Gasteiger partial charge in [-0.05, 0) is 39.0 Å². The summed E-state index contributed by atoms with van der Waals surface area (Å²) in [5.74, 6) is 0. The SMILES string of the molecule is COC1(CN2CC3(CCCCC3)NCC2C)CCC1. The van der Waals surface area contributed by atoms with Gasteiger partial charge in [-0.3, -0.25) is 4.90 Å². The number of rotatable bonds is 3. The molecule has 3 nitrogen and oxygen atoms in total. The second kappa shape index (κ2) is 5.34. The molecule has 19 heavy (non-hydrogen) atoms. The molecule has 0 bridgehead atoms. The van der Waals surface area contributed by atoms with Crippen molar-refractivity contribution in [3.8, 4) is 0 Å². The first-order valence-corrected chi connectivity index (χ1v) is 8.21. The fourth-order valence-electron chi connectivity index (χ4n) is 4.24. The lowest BCUT2D eigenvalue weighted by Crippen LogP contribution is -2.66. The Morgan fingerprint density at radius 3 is 2.42 bits per heavy atom. The molecule has 3 heteroatoms. The Kier molecular flexibility index (Phi) is 3.89. The van der Waals surface area contributed by atoms with Crippen LogP contribution in [0.4, 0.5) is 0 Å². The lowest BCUT2D eigenvalue weighted by atomic mass is 9.76. The maximum atomic E-state index is 5.84. The molecule has 1 unspecified atom stereocenters. The van der Waals surface area contributed by atoms with E-state index in [1.165, 1.54) is 57.9 Å². The Labute approximate surface area is 118 Å². The molecule has 110 valence electrons. The molecule has 1 N–H and O–H groups in total. The quantitative estimate of drug-likeness (QED) is 0.849. The van der Waals surface area contributed by atoms with Gasteiger partial charge in [-0.2, -0.15) is 0 Å². The van der Waals surface area contributed by atoms with Crippen molar-refractivity contribution in [1.82, 2.24) is 10.2 Å². The van der Waals surface area contributed by atoms with Crippen molar-refractivity contribution < 1.29 is 4.74 Å². The minimum atomic E-state index is 0.182. The smallest absolute Gasteiger partial charge is 0.0805 e. The number of hydrogen-bond donors (Lipinski definition) is 1. The fourth-order valence-corrected chi connectivity index (χ4v) is 4.24. The second-order valence-electron chi connectivity index (χ2n) is 7.22. The predicted molar refractivity (Wildman–Crippen MR) is 78.4 cm³/mol. The first kappa shape index (κ1) is 13.8. The van der Waals surface area contributed by atoms with E-state index < -0.39 is 0 Å². The number of nitrogens with one attached hydrogen (secondary N) is 1. The molecule has 2 aliphatic carbocycles. The highest BCUT2D eigenvalue weighted by Crippen LogP contribution is 2.38. The zero-order valence-corrected chi connectivity index (χ0v) is 12.7. The second-order valence-corrected chi connectivity index (χ2v) is 7.22. The van der Waals surface area contributed by atoms with Crippen LogP contribution in [-0.2, 0) is 4.74 Å². The Morgan fingerprint density at radius 2 is 1.84 bits per heavy atom. The molecule has 0 radical (unpaired) electrons. The van der Waals surface area contributed by atoms with Crippen LogP contribution in [0.15, 0.2) is 0 Å². The average molecular weight is 266 g/mol. The van der Waals surface area contributed by atoms with Crippen LogP contribution in [0.3, 0.4) is 0 Å². The van der Waals surface area contributed by atoms with E-state index in [4.69, 9.17) is 4.74 Å².